The Kier molecular flexibility index (Phi) is 3.45. The van der Waals surface area contributed by atoms with Gasteiger partial charge in [-0.2, -0.15) is 5.26 Å². The molecule has 3 rings (SSSR count). The Labute approximate surface area is 122 Å². The highest BCUT2D eigenvalue weighted by molar-refractivity contribution is 6.35. The predicted octanol–water partition coefficient (Wildman–Crippen LogP) is 3.32. The normalized spacial score (nSPS) is 19.2. The Morgan fingerprint density at radius 3 is 3.10 bits per heavy atom. The number of carbonyl (C=O) groups is 1. The Morgan fingerprint density at radius 1 is 1.50 bits per heavy atom. The van der Waals surface area contributed by atoms with Crippen LogP contribution in [0.2, 0.25) is 5.02 Å². The summed E-state index contributed by atoms with van der Waals surface area (Å²) in [4.78, 5) is 15.8. The Balaban J connectivity index is 1.94. The van der Waals surface area contributed by atoms with Crippen LogP contribution in [0, 0.1) is 17.2 Å². The van der Waals surface area contributed by atoms with Crippen molar-refractivity contribution in [2.45, 2.75) is 32.2 Å². The number of benzene rings is 1. The summed E-state index contributed by atoms with van der Waals surface area (Å²) in [7, 11) is 0. The molecular formula is C15H14ClN3O. The van der Waals surface area contributed by atoms with Crippen molar-refractivity contribution in [1.82, 2.24) is 9.55 Å². The molecule has 0 amide bonds. The maximum absolute atomic E-state index is 11.5. The fourth-order valence-electron chi connectivity index (χ4n) is 2.88. The van der Waals surface area contributed by atoms with E-state index in [-0.39, 0.29) is 0 Å². The van der Waals surface area contributed by atoms with E-state index in [0.29, 0.717) is 40.6 Å². The molecule has 2 aromatic rings. The smallest absolute Gasteiger partial charge is 0.133 e. The summed E-state index contributed by atoms with van der Waals surface area (Å²) in [6, 6.07) is 5.54. The molecular weight excluding hydrogens is 274 g/mol. The van der Waals surface area contributed by atoms with Crippen LogP contribution in [-0.2, 0) is 11.3 Å². The van der Waals surface area contributed by atoms with Crippen molar-refractivity contribution in [1.29, 1.82) is 5.26 Å². The fraction of sp³-hybridized carbons (Fsp3) is 0.400. The van der Waals surface area contributed by atoms with E-state index in [9.17, 15) is 4.79 Å². The average molecular weight is 288 g/mol. The summed E-state index contributed by atoms with van der Waals surface area (Å²) in [6.45, 7) is 0.757. The summed E-state index contributed by atoms with van der Waals surface area (Å²) >= 11 is 6.14. The average Bonchev–Trinajstić information content (AvgIpc) is 2.82. The first-order chi connectivity index (χ1) is 9.67. The Bertz CT molecular complexity index is 714. The number of aromatic nitrogens is 2. The van der Waals surface area contributed by atoms with Gasteiger partial charge in [0.15, 0.2) is 0 Å². The minimum Gasteiger partial charge on any atom is -0.330 e. The molecule has 1 heterocycles. The van der Waals surface area contributed by atoms with Crippen molar-refractivity contribution < 1.29 is 4.79 Å². The number of rotatable bonds is 2. The lowest BCUT2D eigenvalue weighted by Crippen LogP contribution is -2.19. The molecule has 1 aromatic heterocycles. The number of fused-ring (bicyclic) bond motifs is 1. The van der Waals surface area contributed by atoms with Crippen LogP contribution >= 0.6 is 11.6 Å². The van der Waals surface area contributed by atoms with Crippen molar-refractivity contribution in [2.24, 2.45) is 5.92 Å². The molecule has 5 heteroatoms. The van der Waals surface area contributed by atoms with Gasteiger partial charge in [0, 0.05) is 19.4 Å². The molecule has 0 saturated heterocycles. The number of Topliss-reactive ketones (excluding diaryl/α,β-unsaturated/α-hetero) is 1. The number of carbonyl (C=O) groups excluding carboxylic acids is 1. The van der Waals surface area contributed by atoms with Crippen LogP contribution in [0.1, 0.15) is 31.2 Å². The van der Waals surface area contributed by atoms with Crippen molar-refractivity contribution in [2.75, 3.05) is 0 Å². The van der Waals surface area contributed by atoms with Crippen molar-refractivity contribution >= 4 is 28.4 Å². The molecule has 0 radical (unpaired) electrons. The maximum Gasteiger partial charge on any atom is 0.133 e. The van der Waals surface area contributed by atoms with E-state index in [0.717, 1.165) is 24.9 Å². The lowest BCUT2D eigenvalue weighted by Gasteiger charge is -2.21. The molecule has 1 aliphatic rings. The van der Waals surface area contributed by atoms with Gasteiger partial charge >= 0.3 is 0 Å². The second kappa shape index (κ2) is 5.26. The van der Waals surface area contributed by atoms with Crippen molar-refractivity contribution in [3.8, 4) is 6.07 Å². The number of nitrogens with zero attached hydrogens (tertiary/aromatic N) is 3. The monoisotopic (exact) mass is 287 g/mol. The van der Waals surface area contributed by atoms with Crippen molar-refractivity contribution in [3.63, 3.8) is 0 Å². The van der Waals surface area contributed by atoms with Gasteiger partial charge in [0.05, 0.1) is 28.5 Å². The third kappa shape index (κ3) is 2.41. The van der Waals surface area contributed by atoms with Gasteiger partial charge in [-0.3, -0.25) is 4.79 Å². The van der Waals surface area contributed by atoms with E-state index in [1.165, 1.54) is 0 Å². The molecule has 0 spiro atoms. The zero-order chi connectivity index (χ0) is 14.1. The van der Waals surface area contributed by atoms with Crippen molar-refractivity contribution in [3.05, 3.63) is 29.0 Å². The van der Waals surface area contributed by atoms with Gasteiger partial charge in [0.2, 0.25) is 0 Å². The van der Waals surface area contributed by atoms with Gasteiger partial charge < -0.3 is 4.57 Å². The molecule has 1 saturated carbocycles. The third-order valence-corrected chi connectivity index (χ3v) is 4.14. The number of hydrogen-bond donors (Lipinski definition) is 0. The first-order valence-corrected chi connectivity index (χ1v) is 7.11. The van der Waals surface area contributed by atoms with Gasteiger partial charge in [0.1, 0.15) is 11.3 Å². The molecule has 0 N–H and O–H groups in total. The topological polar surface area (TPSA) is 58.7 Å². The predicted molar refractivity (Wildman–Crippen MR) is 76.4 cm³/mol. The van der Waals surface area contributed by atoms with Gasteiger partial charge in [0.25, 0.3) is 0 Å². The summed E-state index contributed by atoms with van der Waals surface area (Å²) in [5.74, 6) is 0.708. The highest BCUT2D eigenvalue weighted by atomic mass is 35.5. The maximum atomic E-state index is 11.5. The summed E-state index contributed by atoms with van der Waals surface area (Å²) in [5, 5.41) is 9.52. The highest BCUT2D eigenvalue weighted by Gasteiger charge is 2.20. The second-order valence-electron chi connectivity index (χ2n) is 5.34. The van der Waals surface area contributed by atoms with Crippen LogP contribution < -0.4 is 0 Å². The molecule has 0 bridgehead atoms. The van der Waals surface area contributed by atoms with Crippen LogP contribution in [0.4, 0.5) is 0 Å². The first-order valence-electron chi connectivity index (χ1n) is 6.73. The molecule has 20 heavy (non-hydrogen) atoms. The van der Waals surface area contributed by atoms with Gasteiger partial charge in [-0.1, -0.05) is 11.6 Å². The minimum absolute atomic E-state index is 0.349. The molecule has 1 atom stereocenters. The van der Waals surface area contributed by atoms with Crippen LogP contribution in [0.15, 0.2) is 18.5 Å². The number of imidazole rings is 1. The molecule has 1 unspecified atom stereocenters. The van der Waals surface area contributed by atoms with E-state index < -0.39 is 0 Å². The molecule has 1 aliphatic carbocycles. The van der Waals surface area contributed by atoms with E-state index >= 15 is 0 Å². The minimum atomic E-state index is 0.349. The zero-order valence-electron chi connectivity index (χ0n) is 11.0. The molecule has 0 aliphatic heterocycles. The largest absolute Gasteiger partial charge is 0.330 e. The standard InChI is InChI=1S/C15H14ClN3O/c16-13-5-11(7-17)6-14-15(13)18-9-19(14)8-10-2-1-3-12(20)4-10/h5-6,9-10H,1-4,8H2. The summed E-state index contributed by atoms with van der Waals surface area (Å²) in [5.41, 5.74) is 2.11. The van der Waals surface area contributed by atoms with Gasteiger partial charge in [-0.05, 0) is 30.9 Å². The number of halogens is 1. The fourth-order valence-corrected chi connectivity index (χ4v) is 3.14. The van der Waals surface area contributed by atoms with E-state index in [1.54, 1.807) is 18.5 Å². The quantitative estimate of drug-likeness (QED) is 0.851. The summed E-state index contributed by atoms with van der Waals surface area (Å²) in [6.07, 6.45) is 5.14. The zero-order valence-corrected chi connectivity index (χ0v) is 11.7. The number of ketones is 1. The van der Waals surface area contributed by atoms with E-state index in [1.807, 2.05) is 4.57 Å². The lowest BCUT2D eigenvalue weighted by molar-refractivity contribution is -0.121. The van der Waals surface area contributed by atoms with Gasteiger partial charge in [-0.15, -0.1) is 0 Å². The van der Waals surface area contributed by atoms with E-state index in [4.69, 9.17) is 16.9 Å². The third-order valence-electron chi connectivity index (χ3n) is 3.85. The highest BCUT2D eigenvalue weighted by Crippen LogP contribution is 2.27. The lowest BCUT2D eigenvalue weighted by atomic mass is 9.88. The molecule has 102 valence electrons. The second-order valence-corrected chi connectivity index (χ2v) is 5.74. The Morgan fingerprint density at radius 2 is 2.35 bits per heavy atom. The Hall–Kier alpha value is -1.86. The number of nitriles is 1. The van der Waals surface area contributed by atoms with Crippen LogP contribution in [0.3, 0.4) is 0 Å². The summed E-state index contributed by atoms with van der Waals surface area (Å²) < 4.78 is 2.01. The SMILES string of the molecule is N#Cc1cc(Cl)c2ncn(CC3CCCC(=O)C3)c2c1. The van der Waals surface area contributed by atoms with Gasteiger partial charge in [-0.25, -0.2) is 4.98 Å². The molecule has 1 fully saturated rings. The van der Waals surface area contributed by atoms with Crippen LogP contribution in [0.25, 0.3) is 11.0 Å². The molecule has 1 aromatic carbocycles. The number of hydrogen-bond acceptors (Lipinski definition) is 3. The van der Waals surface area contributed by atoms with Crippen LogP contribution in [0.5, 0.6) is 0 Å². The van der Waals surface area contributed by atoms with E-state index in [2.05, 4.69) is 11.1 Å². The first kappa shape index (κ1) is 13.1. The van der Waals surface area contributed by atoms with Crippen LogP contribution in [-0.4, -0.2) is 15.3 Å². The molecule has 4 nitrogen and oxygen atoms in total.